The van der Waals surface area contributed by atoms with Gasteiger partial charge in [0.1, 0.15) is 5.75 Å². The van der Waals surface area contributed by atoms with Crippen LogP contribution >= 0.6 is 0 Å². The zero-order chi connectivity index (χ0) is 19.0. The van der Waals surface area contributed by atoms with Gasteiger partial charge >= 0.3 is 6.36 Å². The van der Waals surface area contributed by atoms with Crippen LogP contribution in [0.1, 0.15) is 0 Å². The van der Waals surface area contributed by atoms with Crippen molar-refractivity contribution in [3.63, 3.8) is 0 Å². The van der Waals surface area contributed by atoms with E-state index in [1.54, 1.807) is 16.7 Å². The molecule has 0 aliphatic carbocycles. The Kier molecular flexibility index (Phi) is 3.95. The third kappa shape index (κ3) is 3.41. The van der Waals surface area contributed by atoms with Crippen molar-refractivity contribution in [2.45, 2.75) is 6.36 Å². The zero-order valence-electron chi connectivity index (χ0n) is 13.8. The van der Waals surface area contributed by atoms with Crippen molar-refractivity contribution < 1.29 is 17.9 Å². The van der Waals surface area contributed by atoms with Gasteiger partial charge in [0, 0.05) is 17.3 Å². The molecule has 4 rings (SSSR count). The van der Waals surface area contributed by atoms with E-state index in [1.165, 1.54) is 24.3 Å². The minimum absolute atomic E-state index is 0.283. The Morgan fingerprint density at radius 1 is 0.852 bits per heavy atom. The lowest BCUT2D eigenvalue weighted by Gasteiger charge is -2.10. The first-order valence-corrected chi connectivity index (χ1v) is 7.96. The molecule has 5 nitrogen and oxygen atoms in total. The molecule has 0 spiro atoms. The van der Waals surface area contributed by atoms with Gasteiger partial charge in [0.25, 0.3) is 0 Å². The highest BCUT2D eigenvalue weighted by molar-refractivity contribution is 5.76. The summed E-state index contributed by atoms with van der Waals surface area (Å²) in [4.78, 5) is 0. The number of nitrogen functional groups attached to an aromatic ring is 1. The smallest absolute Gasteiger partial charge is 0.406 e. The Morgan fingerprint density at radius 2 is 1.56 bits per heavy atom. The second-order valence-electron chi connectivity index (χ2n) is 5.84. The van der Waals surface area contributed by atoms with Gasteiger partial charge in [-0.15, -0.1) is 23.4 Å². The number of aromatic nitrogens is 3. The van der Waals surface area contributed by atoms with Crippen LogP contribution in [-0.4, -0.2) is 21.0 Å². The van der Waals surface area contributed by atoms with Gasteiger partial charge in [0.15, 0.2) is 11.5 Å². The van der Waals surface area contributed by atoms with Crippen LogP contribution in [0.4, 0.5) is 18.9 Å². The zero-order valence-corrected chi connectivity index (χ0v) is 13.8. The first-order chi connectivity index (χ1) is 12.9. The van der Waals surface area contributed by atoms with E-state index < -0.39 is 6.36 Å². The number of nitrogens with two attached hydrogens (primary N) is 1. The molecule has 0 saturated heterocycles. The normalized spacial score (nSPS) is 11.7. The Balaban J connectivity index is 1.77. The van der Waals surface area contributed by atoms with E-state index in [1.807, 2.05) is 30.3 Å². The first-order valence-electron chi connectivity index (χ1n) is 7.96. The molecule has 0 fully saturated rings. The molecule has 0 atom stereocenters. The maximum absolute atomic E-state index is 12.3. The molecule has 0 amide bonds. The summed E-state index contributed by atoms with van der Waals surface area (Å²) in [5.41, 5.74) is 9.30. The first kappa shape index (κ1) is 16.9. The van der Waals surface area contributed by atoms with Crippen molar-refractivity contribution in [2.24, 2.45) is 0 Å². The number of pyridine rings is 1. The summed E-state index contributed by atoms with van der Waals surface area (Å²) < 4.78 is 42.6. The molecular formula is C19H13F3N4O. The minimum atomic E-state index is -4.72. The van der Waals surface area contributed by atoms with Crippen molar-refractivity contribution in [1.82, 2.24) is 14.6 Å². The number of ether oxygens (including phenoxy) is 1. The maximum atomic E-state index is 12.3. The molecule has 2 aromatic heterocycles. The number of benzene rings is 2. The van der Waals surface area contributed by atoms with E-state index >= 15 is 0 Å². The standard InChI is InChI=1S/C19H13F3N4O/c20-19(21,22)27-15-8-6-12(7-9-15)14-10-16(23)18-25-24-17(26(18)11-14)13-4-2-1-3-5-13/h1-11H,23H2. The quantitative estimate of drug-likeness (QED) is 0.575. The number of alkyl halides is 3. The lowest BCUT2D eigenvalue weighted by atomic mass is 10.1. The van der Waals surface area contributed by atoms with E-state index in [-0.39, 0.29) is 5.75 Å². The molecule has 2 heterocycles. The van der Waals surface area contributed by atoms with Crippen molar-refractivity contribution in [1.29, 1.82) is 0 Å². The third-order valence-corrected chi connectivity index (χ3v) is 3.99. The number of halogens is 3. The summed E-state index contributed by atoms with van der Waals surface area (Å²) in [6.07, 6.45) is -2.93. The van der Waals surface area contributed by atoms with Crippen LogP contribution in [-0.2, 0) is 0 Å². The van der Waals surface area contributed by atoms with Crippen LogP contribution in [0.15, 0.2) is 66.9 Å². The predicted molar refractivity (Wildman–Crippen MR) is 95.0 cm³/mol. The number of nitrogens with zero attached hydrogens (tertiary/aromatic N) is 3. The Morgan fingerprint density at radius 3 is 2.22 bits per heavy atom. The molecule has 4 aromatic rings. The lowest BCUT2D eigenvalue weighted by Crippen LogP contribution is -2.16. The van der Waals surface area contributed by atoms with Crippen LogP contribution in [0, 0.1) is 0 Å². The molecule has 0 aliphatic heterocycles. The number of anilines is 1. The van der Waals surface area contributed by atoms with Gasteiger partial charge in [-0.25, -0.2) is 0 Å². The maximum Gasteiger partial charge on any atom is 0.573 e. The molecule has 0 saturated carbocycles. The molecule has 8 heteroatoms. The highest BCUT2D eigenvalue weighted by atomic mass is 19.4. The molecule has 0 aliphatic rings. The molecule has 0 radical (unpaired) electrons. The van der Waals surface area contributed by atoms with Crippen LogP contribution in [0.3, 0.4) is 0 Å². The Bertz CT molecular complexity index is 1090. The number of hydrogen-bond donors (Lipinski definition) is 1. The van der Waals surface area contributed by atoms with Crippen molar-refractivity contribution >= 4 is 11.3 Å². The predicted octanol–water partition coefficient (Wildman–Crippen LogP) is 4.54. The highest BCUT2D eigenvalue weighted by Gasteiger charge is 2.31. The second-order valence-corrected chi connectivity index (χ2v) is 5.84. The number of hydrogen-bond acceptors (Lipinski definition) is 4. The van der Waals surface area contributed by atoms with Gasteiger partial charge in [0.2, 0.25) is 0 Å². The summed E-state index contributed by atoms with van der Waals surface area (Å²) in [6, 6.07) is 16.8. The lowest BCUT2D eigenvalue weighted by molar-refractivity contribution is -0.274. The molecule has 136 valence electrons. The van der Waals surface area contributed by atoms with Gasteiger partial charge in [-0.3, -0.25) is 4.40 Å². The summed E-state index contributed by atoms with van der Waals surface area (Å²) in [6.45, 7) is 0. The topological polar surface area (TPSA) is 65.4 Å². The minimum Gasteiger partial charge on any atom is -0.406 e. The van der Waals surface area contributed by atoms with Crippen LogP contribution in [0.2, 0.25) is 0 Å². The van der Waals surface area contributed by atoms with Gasteiger partial charge in [-0.1, -0.05) is 42.5 Å². The molecule has 2 N–H and O–H groups in total. The Hall–Kier alpha value is -3.55. The van der Waals surface area contributed by atoms with Gasteiger partial charge in [-0.05, 0) is 23.8 Å². The van der Waals surface area contributed by atoms with Crippen molar-refractivity contribution in [3.8, 4) is 28.3 Å². The van der Waals surface area contributed by atoms with E-state index in [4.69, 9.17) is 5.73 Å². The summed E-state index contributed by atoms with van der Waals surface area (Å²) in [5, 5.41) is 8.33. The average molecular weight is 370 g/mol. The van der Waals surface area contributed by atoms with Crippen LogP contribution < -0.4 is 10.5 Å². The number of fused-ring (bicyclic) bond motifs is 1. The van der Waals surface area contributed by atoms with E-state index in [2.05, 4.69) is 14.9 Å². The monoisotopic (exact) mass is 370 g/mol. The van der Waals surface area contributed by atoms with Crippen molar-refractivity contribution in [3.05, 3.63) is 66.9 Å². The van der Waals surface area contributed by atoms with Crippen LogP contribution in [0.5, 0.6) is 5.75 Å². The summed E-state index contributed by atoms with van der Waals surface area (Å²) in [7, 11) is 0. The van der Waals surface area contributed by atoms with Crippen molar-refractivity contribution in [2.75, 3.05) is 5.73 Å². The molecule has 0 unspecified atom stereocenters. The average Bonchev–Trinajstić information content (AvgIpc) is 3.06. The summed E-state index contributed by atoms with van der Waals surface area (Å²) >= 11 is 0. The van der Waals surface area contributed by atoms with Gasteiger partial charge < -0.3 is 10.5 Å². The molecular weight excluding hydrogens is 357 g/mol. The van der Waals surface area contributed by atoms with Crippen LogP contribution in [0.25, 0.3) is 28.2 Å². The highest BCUT2D eigenvalue weighted by Crippen LogP contribution is 2.30. The van der Waals surface area contributed by atoms with E-state index in [0.717, 1.165) is 11.1 Å². The number of rotatable bonds is 3. The molecule has 2 aromatic carbocycles. The second kappa shape index (κ2) is 6.31. The fraction of sp³-hybridized carbons (Fsp3) is 0.0526. The largest absolute Gasteiger partial charge is 0.573 e. The van der Waals surface area contributed by atoms with Gasteiger partial charge in [0.05, 0.1) is 5.69 Å². The third-order valence-electron chi connectivity index (χ3n) is 3.99. The summed E-state index contributed by atoms with van der Waals surface area (Å²) in [5.74, 6) is 0.339. The fourth-order valence-corrected chi connectivity index (χ4v) is 2.81. The van der Waals surface area contributed by atoms with Gasteiger partial charge in [-0.2, -0.15) is 0 Å². The molecule has 0 bridgehead atoms. The van der Waals surface area contributed by atoms with E-state index in [9.17, 15) is 13.2 Å². The molecule has 27 heavy (non-hydrogen) atoms. The van der Waals surface area contributed by atoms with E-state index in [0.29, 0.717) is 22.7 Å². The Labute approximate surface area is 151 Å². The fourth-order valence-electron chi connectivity index (χ4n) is 2.81. The SMILES string of the molecule is Nc1cc(-c2ccc(OC(F)(F)F)cc2)cn2c(-c3ccccc3)nnc12.